The predicted molar refractivity (Wildman–Crippen MR) is 74.3 cm³/mol. The van der Waals surface area contributed by atoms with Crippen molar-refractivity contribution in [2.45, 2.75) is 16.8 Å². The summed E-state index contributed by atoms with van der Waals surface area (Å²) in [6, 6.07) is 10.8. The molecule has 0 aliphatic rings. The fourth-order valence-corrected chi connectivity index (χ4v) is 2.85. The molecule has 0 radical (unpaired) electrons. The highest BCUT2D eigenvalue weighted by atomic mass is 35.5. The second kappa shape index (κ2) is 5.62. The van der Waals surface area contributed by atoms with Crippen LogP contribution in [0.2, 0.25) is 10.0 Å². The van der Waals surface area contributed by atoms with Crippen molar-refractivity contribution in [3.8, 4) is 6.07 Å². The molecule has 0 fully saturated rings. The van der Waals surface area contributed by atoms with Crippen LogP contribution in [0.15, 0.2) is 40.3 Å². The summed E-state index contributed by atoms with van der Waals surface area (Å²) in [5.41, 5.74) is 1.39. The Bertz CT molecular complexity index is 635. The largest absolute Gasteiger partial charge is 0.246 e. The molecule has 0 unspecified atom stereocenters. The Balaban J connectivity index is 2.37. The highest BCUT2D eigenvalue weighted by Crippen LogP contribution is 2.34. The quantitative estimate of drug-likeness (QED) is 0.804. The van der Waals surface area contributed by atoms with Crippen LogP contribution in [-0.2, 0) is 0 Å². The monoisotopic (exact) mass is 294 g/mol. The molecular weight excluding hydrogens is 287 g/mol. The van der Waals surface area contributed by atoms with Gasteiger partial charge in [-0.25, -0.2) is 4.98 Å². The van der Waals surface area contributed by atoms with E-state index in [0.717, 1.165) is 15.6 Å². The Morgan fingerprint density at radius 2 is 2.00 bits per heavy atom. The van der Waals surface area contributed by atoms with Gasteiger partial charge in [0.05, 0.1) is 16.7 Å². The van der Waals surface area contributed by atoms with E-state index >= 15 is 0 Å². The summed E-state index contributed by atoms with van der Waals surface area (Å²) in [5.74, 6) is 0. The van der Waals surface area contributed by atoms with Crippen LogP contribution in [0.5, 0.6) is 0 Å². The maximum absolute atomic E-state index is 8.92. The Hall–Kier alpha value is -1.21. The summed E-state index contributed by atoms with van der Waals surface area (Å²) >= 11 is 13.4. The molecule has 1 aromatic heterocycles. The van der Waals surface area contributed by atoms with Gasteiger partial charge in [-0.1, -0.05) is 35.0 Å². The van der Waals surface area contributed by atoms with Crippen molar-refractivity contribution in [1.29, 1.82) is 5.26 Å². The van der Waals surface area contributed by atoms with Gasteiger partial charge in [0.25, 0.3) is 0 Å². The fourth-order valence-electron chi connectivity index (χ4n) is 1.42. The van der Waals surface area contributed by atoms with Gasteiger partial charge in [-0.2, -0.15) is 5.26 Å². The predicted octanol–water partition coefficient (Wildman–Crippen LogP) is 4.72. The first-order valence-electron chi connectivity index (χ1n) is 5.10. The van der Waals surface area contributed by atoms with E-state index in [2.05, 4.69) is 11.1 Å². The SMILES string of the molecule is Cc1cc(C#N)cc(Sc2cc(Cl)ccc2Cl)n1. The molecule has 1 heterocycles. The van der Waals surface area contributed by atoms with E-state index in [1.807, 2.05) is 6.92 Å². The molecule has 0 N–H and O–H groups in total. The first kappa shape index (κ1) is 13.2. The number of halogens is 2. The number of hydrogen-bond acceptors (Lipinski definition) is 3. The smallest absolute Gasteiger partial charge is 0.102 e. The van der Waals surface area contributed by atoms with Gasteiger partial charge in [-0.05, 0) is 37.3 Å². The van der Waals surface area contributed by atoms with Crippen LogP contribution in [0.25, 0.3) is 0 Å². The van der Waals surface area contributed by atoms with Gasteiger partial charge in [0, 0.05) is 15.6 Å². The average molecular weight is 295 g/mol. The van der Waals surface area contributed by atoms with Crippen molar-refractivity contribution in [3.63, 3.8) is 0 Å². The van der Waals surface area contributed by atoms with E-state index in [0.29, 0.717) is 15.6 Å². The minimum absolute atomic E-state index is 0.586. The first-order chi connectivity index (χ1) is 8.58. The van der Waals surface area contributed by atoms with Crippen LogP contribution >= 0.6 is 35.0 Å². The van der Waals surface area contributed by atoms with E-state index < -0.39 is 0 Å². The Morgan fingerprint density at radius 3 is 2.72 bits per heavy atom. The van der Waals surface area contributed by atoms with Crippen molar-refractivity contribution >= 4 is 35.0 Å². The second-order valence-corrected chi connectivity index (χ2v) is 5.53. The molecule has 0 saturated heterocycles. The molecule has 0 spiro atoms. The first-order valence-corrected chi connectivity index (χ1v) is 6.67. The molecule has 5 heteroatoms. The van der Waals surface area contributed by atoms with E-state index in [4.69, 9.17) is 28.5 Å². The van der Waals surface area contributed by atoms with Gasteiger partial charge in [-0.15, -0.1) is 0 Å². The molecule has 0 aliphatic carbocycles. The number of benzene rings is 1. The highest BCUT2D eigenvalue weighted by molar-refractivity contribution is 7.99. The number of aryl methyl sites for hydroxylation is 1. The van der Waals surface area contributed by atoms with Gasteiger partial charge in [0.2, 0.25) is 0 Å². The van der Waals surface area contributed by atoms with Crippen molar-refractivity contribution < 1.29 is 0 Å². The average Bonchev–Trinajstić information content (AvgIpc) is 2.33. The Morgan fingerprint density at radius 1 is 1.22 bits per heavy atom. The number of pyridine rings is 1. The molecule has 18 heavy (non-hydrogen) atoms. The standard InChI is InChI=1S/C13H8Cl2N2S/c1-8-4-9(7-16)5-13(17-8)18-12-6-10(14)2-3-11(12)15/h2-6H,1H3. The van der Waals surface area contributed by atoms with E-state index in [1.165, 1.54) is 11.8 Å². The number of rotatable bonds is 2. The minimum atomic E-state index is 0.586. The van der Waals surface area contributed by atoms with Crippen molar-refractivity contribution in [2.24, 2.45) is 0 Å². The van der Waals surface area contributed by atoms with Gasteiger partial charge in [-0.3, -0.25) is 0 Å². The van der Waals surface area contributed by atoms with Crippen LogP contribution < -0.4 is 0 Å². The molecule has 2 nitrogen and oxygen atoms in total. The molecule has 0 atom stereocenters. The van der Waals surface area contributed by atoms with Crippen LogP contribution in [0.1, 0.15) is 11.3 Å². The van der Waals surface area contributed by atoms with Crippen LogP contribution in [-0.4, -0.2) is 4.98 Å². The van der Waals surface area contributed by atoms with Gasteiger partial charge < -0.3 is 0 Å². The third-order valence-electron chi connectivity index (χ3n) is 2.17. The molecule has 0 bridgehead atoms. The molecule has 1 aromatic carbocycles. The third kappa shape index (κ3) is 3.17. The fraction of sp³-hybridized carbons (Fsp3) is 0.0769. The molecule has 0 aliphatic heterocycles. The van der Waals surface area contributed by atoms with Crippen LogP contribution in [0.3, 0.4) is 0 Å². The lowest BCUT2D eigenvalue weighted by Gasteiger charge is -2.05. The molecule has 0 saturated carbocycles. The number of hydrogen-bond donors (Lipinski definition) is 0. The van der Waals surface area contributed by atoms with Crippen LogP contribution in [0, 0.1) is 18.3 Å². The summed E-state index contributed by atoms with van der Waals surface area (Å²) in [6.07, 6.45) is 0. The molecule has 2 aromatic rings. The number of nitrogens with zero attached hydrogens (tertiary/aromatic N) is 2. The molecule has 2 rings (SSSR count). The number of aromatic nitrogens is 1. The normalized spacial score (nSPS) is 10.1. The summed E-state index contributed by atoms with van der Waals surface area (Å²) in [6.45, 7) is 1.85. The van der Waals surface area contributed by atoms with Gasteiger partial charge >= 0.3 is 0 Å². The zero-order valence-corrected chi connectivity index (χ0v) is 11.8. The van der Waals surface area contributed by atoms with E-state index in [1.54, 1.807) is 30.3 Å². The van der Waals surface area contributed by atoms with Crippen molar-refractivity contribution in [3.05, 3.63) is 51.6 Å². The highest BCUT2D eigenvalue weighted by Gasteiger charge is 2.06. The summed E-state index contributed by atoms with van der Waals surface area (Å²) < 4.78 is 0. The van der Waals surface area contributed by atoms with Crippen LogP contribution in [0.4, 0.5) is 0 Å². The topological polar surface area (TPSA) is 36.7 Å². The maximum atomic E-state index is 8.92. The summed E-state index contributed by atoms with van der Waals surface area (Å²) in [4.78, 5) is 5.18. The Kier molecular flexibility index (Phi) is 4.13. The maximum Gasteiger partial charge on any atom is 0.102 e. The van der Waals surface area contributed by atoms with Gasteiger partial charge in [0.15, 0.2) is 0 Å². The lowest BCUT2D eigenvalue weighted by atomic mass is 10.2. The lowest BCUT2D eigenvalue weighted by molar-refractivity contribution is 1.06. The van der Waals surface area contributed by atoms with E-state index in [9.17, 15) is 0 Å². The minimum Gasteiger partial charge on any atom is -0.246 e. The molecule has 0 amide bonds. The third-order valence-corrected chi connectivity index (χ3v) is 3.82. The number of nitriles is 1. The zero-order chi connectivity index (χ0) is 13.1. The molecule has 90 valence electrons. The van der Waals surface area contributed by atoms with Crippen molar-refractivity contribution in [2.75, 3.05) is 0 Å². The Labute approximate surface area is 120 Å². The summed E-state index contributed by atoms with van der Waals surface area (Å²) in [7, 11) is 0. The lowest BCUT2D eigenvalue weighted by Crippen LogP contribution is -1.87. The van der Waals surface area contributed by atoms with Crippen molar-refractivity contribution in [1.82, 2.24) is 4.98 Å². The zero-order valence-electron chi connectivity index (χ0n) is 9.45. The molecular formula is C13H8Cl2N2S. The van der Waals surface area contributed by atoms with E-state index in [-0.39, 0.29) is 0 Å². The second-order valence-electron chi connectivity index (χ2n) is 3.62. The summed E-state index contributed by atoms with van der Waals surface area (Å²) in [5, 5.41) is 10.9. The van der Waals surface area contributed by atoms with Gasteiger partial charge in [0.1, 0.15) is 5.03 Å².